The van der Waals surface area contributed by atoms with E-state index in [1.54, 1.807) is 13.0 Å². The van der Waals surface area contributed by atoms with Gasteiger partial charge in [-0.15, -0.1) is 0 Å². The van der Waals surface area contributed by atoms with Gasteiger partial charge in [-0.2, -0.15) is 0 Å². The molecule has 1 unspecified atom stereocenters. The van der Waals surface area contributed by atoms with Gasteiger partial charge in [0.1, 0.15) is 11.5 Å². The SMILES string of the molecule is CC(N)c1ccc(O)cc1O. The van der Waals surface area contributed by atoms with Crippen LogP contribution in [0.25, 0.3) is 0 Å². The van der Waals surface area contributed by atoms with Crippen molar-refractivity contribution in [2.45, 2.75) is 13.0 Å². The number of hydrogen-bond donors (Lipinski definition) is 3. The minimum atomic E-state index is -0.212. The Balaban J connectivity index is 3.09. The Hall–Kier alpha value is -1.22. The van der Waals surface area contributed by atoms with Crippen molar-refractivity contribution < 1.29 is 10.2 Å². The summed E-state index contributed by atoms with van der Waals surface area (Å²) in [7, 11) is 0. The fourth-order valence-corrected chi connectivity index (χ4v) is 0.917. The molecule has 1 aromatic rings. The van der Waals surface area contributed by atoms with E-state index in [1.807, 2.05) is 0 Å². The Kier molecular flexibility index (Phi) is 2.01. The molecule has 0 amide bonds. The molecular weight excluding hydrogens is 142 g/mol. The standard InChI is InChI=1S/C8H11NO2/c1-5(9)7-3-2-6(10)4-8(7)11/h2-5,10-11H,9H2,1H3. The van der Waals surface area contributed by atoms with Crippen molar-refractivity contribution >= 4 is 0 Å². The lowest BCUT2D eigenvalue weighted by molar-refractivity contribution is 0.443. The molecule has 0 bridgehead atoms. The Morgan fingerprint density at radius 2 is 2.00 bits per heavy atom. The van der Waals surface area contributed by atoms with E-state index in [4.69, 9.17) is 10.8 Å². The Labute approximate surface area is 65.1 Å². The van der Waals surface area contributed by atoms with Gasteiger partial charge in [0, 0.05) is 17.7 Å². The average Bonchev–Trinajstić information content (AvgIpc) is 1.85. The smallest absolute Gasteiger partial charge is 0.124 e. The van der Waals surface area contributed by atoms with Crippen molar-refractivity contribution in [3.8, 4) is 11.5 Å². The monoisotopic (exact) mass is 153 g/mol. The number of aromatic hydroxyl groups is 2. The second kappa shape index (κ2) is 2.80. The van der Waals surface area contributed by atoms with Crippen LogP contribution in [-0.2, 0) is 0 Å². The van der Waals surface area contributed by atoms with Crippen molar-refractivity contribution in [2.75, 3.05) is 0 Å². The van der Waals surface area contributed by atoms with E-state index < -0.39 is 0 Å². The molecule has 0 fully saturated rings. The Bertz CT molecular complexity index is 258. The van der Waals surface area contributed by atoms with Crippen molar-refractivity contribution in [2.24, 2.45) is 5.73 Å². The van der Waals surface area contributed by atoms with Crippen molar-refractivity contribution in [3.63, 3.8) is 0 Å². The van der Waals surface area contributed by atoms with E-state index >= 15 is 0 Å². The molecule has 0 saturated carbocycles. The van der Waals surface area contributed by atoms with Crippen LogP contribution in [0.2, 0.25) is 0 Å². The minimum absolute atomic E-state index is 0.0417. The van der Waals surface area contributed by atoms with Gasteiger partial charge < -0.3 is 15.9 Å². The molecule has 0 aliphatic heterocycles. The quantitative estimate of drug-likeness (QED) is 0.566. The first-order valence-electron chi connectivity index (χ1n) is 3.38. The van der Waals surface area contributed by atoms with E-state index in [9.17, 15) is 5.11 Å². The highest BCUT2D eigenvalue weighted by Crippen LogP contribution is 2.26. The molecular formula is C8H11NO2. The van der Waals surface area contributed by atoms with Crippen LogP contribution in [-0.4, -0.2) is 10.2 Å². The van der Waals surface area contributed by atoms with Gasteiger partial charge in [0.25, 0.3) is 0 Å². The summed E-state index contributed by atoms with van der Waals surface area (Å²) < 4.78 is 0. The number of nitrogens with two attached hydrogens (primary N) is 1. The summed E-state index contributed by atoms with van der Waals surface area (Å²) in [6.45, 7) is 1.77. The maximum Gasteiger partial charge on any atom is 0.124 e. The molecule has 0 heterocycles. The minimum Gasteiger partial charge on any atom is -0.508 e. The Morgan fingerprint density at radius 1 is 1.36 bits per heavy atom. The summed E-state index contributed by atoms with van der Waals surface area (Å²) in [5.74, 6) is 0.0897. The van der Waals surface area contributed by atoms with Crippen LogP contribution in [0.1, 0.15) is 18.5 Å². The normalized spacial score (nSPS) is 12.9. The lowest BCUT2D eigenvalue weighted by atomic mass is 10.1. The lowest BCUT2D eigenvalue weighted by Gasteiger charge is -2.07. The summed E-state index contributed by atoms with van der Waals surface area (Å²) in [6, 6.07) is 4.17. The molecule has 1 atom stereocenters. The van der Waals surface area contributed by atoms with Crippen LogP contribution in [0.3, 0.4) is 0 Å². The lowest BCUT2D eigenvalue weighted by Crippen LogP contribution is -2.04. The maximum atomic E-state index is 9.22. The molecule has 1 rings (SSSR count). The number of rotatable bonds is 1. The van der Waals surface area contributed by atoms with E-state index in [1.165, 1.54) is 12.1 Å². The molecule has 0 aliphatic carbocycles. The third kappa shape index (κ3) is 1.62. The fourth-order valence-electron chi connectivity index (χ4n) is 0.917. The second-order valence-electron chi connectivity index (χ2n) is 2.53. The van der Waals surface area contributed by atoms with Gasteiger partial charge in [-0.05, 0) is 13.0 Å². The molecule has 4 N–H and O–H groups in total. The van der Waals surface area contributed by atoms with Crippen molar-refractivity contribution in [1.29, 1.82) is 0 Å². The van der Waals surface area contributed by atoms with Gasteiger partial charge >= 0.3 is 0 Å². The van der Waals surface area contributed by atoms with Gasteiger partial charge in [0.2, 0.25) is 0 Å². The molecule has 0 aliphatic rings. The van der Waals surface area contributed by atoms with E-state index in [0.717, 1.165) is 0 Å². The van der Waals surface area contributed by atoms with Crippen LogP contribution in [0.15, 0.2) is 18.2 Å². The molecule has 0 saturated heterocycles. The first-order chi connectivity index (χ1) is 5.11. The highest BCUT2D eigenvalue weighted by Gasteiger charge is 2.05. The number of phenols is 2. The first kappa shape index (κ1) is 7.88. The summed E-state index contributed by atoms with van der Waals surface area (Å²) in [6.07, 6.45) is 0. The summed E-state index contributed by atoms with van der Waals surface area (Å²) in [5, 5.41) is 18.1. The van der Waals surface area contributed by atoms with Gasteiger partial charge in [-0.1, -0.05) is 6.07 Å². The highest BCUT2D eigenvalue weighted by atomic mass is 16.3. The third-order valence-corrected chi connectivity index (χ3v) is 1.50. The zero-order chi connectivity index (χ0) is 8.43. The zero-order valence-corrected chi connectivity index (χ0v) is 6.28. The fraction of sp³-hybridized carbons (Fsp3) is 0.250. The van der Waals surface area contributed by atoms with Crippen LogP contribution >= 0.6 is 0 Å². The van der Waals surface area contributed by atoms with Gasteiger partial charge in [0.05, 0.1) is 0 Å². The molecule has 1 aromatic carbocycles. The van der Waals surface area contributed by atoms with Crippen molar-refractivity contribution in [3.05, 3.63) is 23.8 Å². The maximum absolute atomic E-state index is 9.22. The van der Waals surface area contributed by atoms with E-state index in [2.05, 4.69) is 0 Å². The van der Waals surface area contributed by atoms with Gasteiger partial charge in [-0.25, -0.2) is 0 Å². The number of hydrogen-bond acceptors (Lipinski definition) is 3. The van der Waals surface area contributed by atoms with Crippen LogP contribution in [0.4, 0.5) is 0 Å². The van der Waals surface area contributed by atoms with Crippen molar-refractivity contribution in [1.82, 2.24) is 0 Å². The zero-order valence-electron chi connectivity index (χ0n) is 6.28. The number of phenolic OH excluding ortho intramolecular Hbond substituents is 2. The van der Waals surface area contributed by atoms with E-state index in [-0.39, 0.29) is 17.5 Å². The van der Waals surface area contributed by atoms with Crippen LogP contribution in [0.5, 0.6) is 11.5 Å². The summed E-state index contributed by atoms with van der Waals surface area (Å²) in [5.41, 5.74) is 6.16. The molecule has 60 valence electrons. The average molecular weight is 153 g/mol. The summed E-state index contributed by atoms with van der Waals surface area (Å²) in [4.78, 5) is 0. The molecule has 0 radical (unpaired) electrons. The molecule has 0 aromatic heterocycles. The summed E-state index contributed by atoms with van der Waals surface area (Å²) >= 11 is 0. The predicted octanol–water partition coefficient (Wildman–Crippen LogP) is 1.12. The molecule has 0 spiro atoms. The Morgan fingerprint density at radius 3 is 2.45 bits per heavy atom. The van der Waals surface area contributed by atoms with Gasteiger partial charge in [0.15, 0.2) is 0 Å². The first-order valence-corrected chi connectivity index (χ1v) is 3.38. The third-order valence-electron chi connectivity index (χ3n) is 1.50. The van der Waals surface area contributed by atoms with E-state index in [0.29, 0.717) is 5.56 Å². The predicted molar refractivity (Wildman–Crippen MR) is 42.4 cm³/mol. The van der Waals surface area contributed by atoms with Gasteiger partial charge in [-0.3, -0.25) is 0 Å². The highest BCUT2D eigenvalue weighted by molar-refractivity contribution is 5.40. The molecule has 11 heavy (non-hydrogen) atoms. The number of benzene rings is 1. The topological polar surface area (TPSA) is 66.5 Å². The van der Waals surface area contributed by atoms with Crippen LogP contribution < -0.4 is 5.73 Å². The largest absolute Gasteiger partial charge is 0.508 e. The molecule has 3 heteroatoms. The molecule has 3 nitrogen and oxygen atoms in total. The van der Waals surface area contributed by atoms with Crippen LogP contribution in [0, 0.1) is 0 Å². The second-order valence-corrected chi connectivity index (χ2v) is 2.53.